The summed E-state index contributed by atoms with van der Waals surface area (Å²) in [5, 5.41) is 9.85. The van der Waals surface area contributed by atoms with Gasteiger partial charge in [-0.15, -0.1) is 0 Å². The van der Waals surface area contributed by atoms with E-state index >= 15 is 0 Å². The maximum Gasteiger partial charge on any atom is 0.267 e. The lowest BCUT2D eigenvalue weighted by molar-refractivity contribution is -0.139. The van der Waals surface area contributed by atoms with Gasteiger partial charge in [0.05, 0.1) is 6.54 Å². The molecule has 1 aliphatic rings. The molecule has 1 rings (SSSR count). The lowest BCUT2D eigenvalue weighted by Crippen LogP contribution is -2.30. The molecule has 0 aromatic carbocycles. The van der Waals surface area contributed by atoms with Gasteiger partial charge in [-0.2, -0.15) is 0 Å². The Balaban J connectivity index is 2.61. The van der Waals surface area contributed by atoms with E-state index in [1.807, 2.05) is 0 Å². The minimum atomic E-state index is -0.663. The van der Waals surface area contributed by atoms with Gasteiger partial charge in [0.25, 0.3) is 5.91 Å². The SMILES string of the molecule is CCCCCCC/C(O)=C1\C(=O)CN(C(C)=O)C1=O. The molecule has 0 atom stereocenters. The first kappa shape index (κ1) is 15.4. The lowest BCUT2D eigenvalue weighted by atomic mass is 10.1. The van der Waals surface area contributed by atoms with Crippen LogP contribution >= 0.6 is 0 Å². The number of amides is 2. The predicted octanol–water partition coefficient (Wildman–Crippen LogP) is 2.12. The number of carbonyl (C=O) groups excluding carboxylic acids is 3. The molecule has 0 aromatic heterocycles. The van der Waals surface area contributed by atoms with E-state index in [0.717, 1.165) is 37.0 Å². The minimum Gasteiger partial charge on any atom is -0.511 e. The van der Waals surface area contributed by atoms with E-state index in [1.54, 1.807) is 0 Å². The highest BCUT2D eigenvalue weighted by Gasteiger charge is 2.38. The number of unbranched alkanes of at least 4 members (excludes halogenated alkanes) is 4. The summed E-state index contributed by atoms with van der Waals surface area (Å²) in [7, 11) is 0. The molecule has 0 spiro atoms. The number of nitrogens with zero attached hydrogens (tertiary/aromatic N) is 1. The van der Waals surface area contributed by atoms with Crippen LogP contribution in [-0.2, 0) is 14.4 Å². The number of aliphatic hydroxyl groups excluding tert-OH is 1. The molecular formula is C14H21NO4. The average Bonchev–Trinajstić information content (AvgIpc) is 2.64. The van der Waals surface area contributed by atoms with E-state index in [4.69, 9.17) is 0 Å². The zero-order valence-electron chi connectivity index (χ0n) is 11.6. The van der Waals surface area contributed by atoms with Crippen LogP contribution in [0.1, 0.15) is 52.4 Å². The van der Waals surface area contributed by atoms with Crippen molar-refractivity contribution in [2.45, 2.75) is 52.4 Å². The van der Waals surface area contributed by atoms with E-state index in [2.05, 4.69) is 6.92 Å². The maximum atomic E-state index is 11.8. The van der Waals surface area contributed by atoms with E-state index in [0.29, 0.717) is 6.42 Å². The highest BCUT2D eigenvalue weighted by Crippen LogP contribution is 2.20. The van der Waals surface area contributed by atoms with Gasteiger partial charge in [-0.1, -0.05) is 32.6 Å². The standard InChI is InChI=1S/C14H21NO4/c1-3-4-5-6-7-8-11(17)13-12(18)9-15(10(2)16)14(13)19/h17H,3-9H2,1-2H3/b13-11-. The van der Waals surface area contributed by atoms with E-state index < -0.39 is 17.6 Å². The Kier molecular flexibility index (Phi) is 5.73. The molecule has 0 unspecified atom stereocenters. The zero-order valence-corrected chi connectivity index (χ0v) is 11.6. The number of likely N-dealkylation sites (tertiary alicyclic amines) is 1. The highest BCUT2D eigenvalue weighted by atomic mass is 16.3. The first-order chi connectivity index (χ1) is 8.99. The molecule has 1 N–H and O–H groups in total. The molecule has 5 heteroatoms. The summed E-state index contributed by atoms with van der Waals surface area (Å²) in [4.78, 5) is 35.5. The van der Waals surface area contributed by atoms with Crippen molar-refractivity contribution in [1.82, 2.24) is 4.90 Å². The Labute approximate surface area is 113 Å². The van der Waals surface area contributed by atoms with Crippen LogP contribution in [-0.4, -0.2) is 34.1 Å². The number of imide groups is 1. The molecule has 1 fully saturated rings. The summed E-state index contributed by atoms with van der Waals surface area (Å²) < 4.78 is 0. The van der Waals surface area contributed by atoms with Crippen LogP contribution in [0.2, 0.25) is 0 Å². The molecule has 0 bridgehead atoms. The van der Waals surface area contributed by atoms with E-state index in [9.17, 15) is 19.5 Å². The average molecular weight is 267 g/mol. The van der Waals surface area contributed by atoms with Gasteiger partial charge in [0.2, 0.25) is 5.91 Å². The Morgan fingerprint density at radius 2 is 1.84 bits per heavy atom. The molecule has 0 radical (unpaired) electrons. The fraction of sp³-hybridized carbons (Fsp3) is 0.643. The van der Waals surface area contributed by atoms with Crippen molar-refractivity contribution in [3.05, 3.63) is 11.3 Å². The van der Waals surface area contributed by atoms with Crippen molar-refractivity contribution in [2.75, 3.05) is 6.54 Å². The minimum absolute atomic E-state index is 0.171. The van der Waals surface area contributed by atoms with Crippen molar-refractivity contribution in [3.63, 3.8) is 0 Å². The van der Waals surface area contributed by atoms with E-state index in [1.165, 1.54) is 6.92 Å². The van der Waals surface area contributed by atoms with Crippen molar-refractivity contribution < 1.29 is 19.5 Å². The second-order valence-corrected chi connectivity index (χ2v) is 4.82. The van der Waals surface area contributed by atoms with Gasteiger partial charge in [-0.25, -0.2) is 0 Å². The number of hydrogen-bond acceptors (Lipinski definition) is 4. The summed E-state index contributed by atoms with van der Waals surface area (Å²) in [6.07, 6.45) is 5.40. The highest BCUT2D eigenvalue weighted by molar-refractivity contribution is 6.28. The van der Waals surface area contributed by atoms with E-state index in [-0.39, 0.29) is 17.9 Å². The predicted molar refractivity (Wildman–Crippen MR) is 70.4 cm³/mol. The molecule has 1 aliphatic heterocycles. The summed E-state index contributed by atoms with van der Waals surface area (Å²) in [5.74, 6) is -1.77. The van der Waals surface area contributed by atoms with Gasteiger partial charge in [0, 0.05) is 13.3 Å². The summed E-state index contributed by atoms with van der Waals surface area (Å²) in [6.45, 7) is 3.10. The molecule has 1 saturated heterocycles. The van der Waals surface area contributed by atoms with Crippen LogP contribution in [0.25, 0.3) is 0 Å². The fourth-order valence-electron chi connectivity index (χ4n) is 2.11. The summed E-state index contributed by atoms with van der Waals surface area (Å²) >= 11 is 0. The number of rotatable bonds is 6. The topological polar surface area (TPSA) is 74.7 Å². The quantitative estimate of drug-likeness (QED) is 0.346. The summed E-state index contributed by atoms with van der Waals surface area (Å²) in [6, 6.07) is 0. The molecular weight excluding hydrogens is 246 g/mol. The van der Waals surface area contributed by atoms with Gasteiger partial charge in [-0.05, 0) is 6.42 Å². The van der Waals surface area contributed by atoms with Gasteiger partial charge >= 0.3 is 0 Å². The van der Waals surface area contributed by atoms with Crippen molar-refractivity contribution in [3.8, 4) is 0 Å². The first-order valence-corrected chi connectivity index (χ1v) is 6.76. The largest absolute Gasteiger partial charge is 0.511 e. The van der Waals surface area contributed by atoms with Crippen LogP contribution in [0, 0.1) is 0 Å². The van der Waals surface area contributed by atoms with Gasteiger partial charge in [-0.3, -0.25) is 19.3 Å². The number of Topliss-reactive ketones (excluding diaryl/α,β-unsaturated/α-hetero) is 1. The second-order valence-electron chi connectivity index (χ2n) is 4.82. The molecule has 2 amide bonds. The lowest BCUT2D eigenvalue weighted by Gasteiger charge is -2.08. The van der Waals surface area contributed by atoms with Gasteiger partial charge in [0.1, 0.15) is 11.3 Å². The maximum absolute atomic E-state index is 11.8. The van der Waals surface area contributed by atoms with Crippen molar-refractivity contribution in [1.29, 1.82) is 0 Å². The van der Waals surface area contributed by atoms with Crippen molar-refractivity contribution in [2.24, 2.45) is 0 Å². The summed E-state index contributed by atoms with van der Waals surface area (Å²) in [5.41, 5.74) is -0.203. The van der Waals surface area contributed by atoms with Gasteiger partial charge < -0.3 is 5.11 Å². The molecule has 0 aliphatic carbocycles. The van der Waals surface area contributed by atoms with Crippen LogP contribution in [0.15, 0.2) is 11.3 Å². The number of carbonyl (C=O) groups is 3. The first-order valence-electron chi connectivity index (χ1n) is 6.76. The zero-order chi connectivity index (χ0) is 14.4. The number of hydrogen-bond donors (Lipinski definition) is 1. The monoisotopic (exact) mass is 267 g/mol. The van der Waals surface area contributed by atoms with Crippen LogP contribution in [0.5, 0.6) is 0 Å². The Bertz CT molecular complexity index is 412. The number of aliphatic hydroxyl groups is 1. The second kappa shape index (κ2) is 7.07. The van der Waals surface area contributed by atoms with Gasteiger partial charge in [0.15, 0.2) is 5.78 Å². The Hall–Kier alpha value is -1.65. The van der Waals surface area contributed by atoms with Crippen molar-refractivity contribution >= 4 is 17.6 Å². The van der Waals surface area contributed by atoms with Crippen LogP contribution in [0.3, 0.4) is 0 Å². The molecule has 0 saturated carbocycles. The third-order valence-electron chi connectivity index (χ3n) is 3.23. The third kappa shape index (κ3) is 3.91. The fourth-order valence-corrected chi connectivity index (χ4v) is 2.11. The number of ketones is 1. The Morgan fingerprint density at radius 3 is 2.37 bits per heavy atom. The smallest absolute Gasteiger partial charge is 0.267 e. The number of allylic oxidation sites excluding steroid dienone is 1. The normalized spacial score (nSPS) is 18.1. The molecule has 19 heavy (non-hydrogen) atoms. The molecule has 106 valence electrons. The molecule has 0 aromatic rings. The van der Waals surface area contributed by atoms with Crippen LogP contribution in [0.4, 0.5) is 0 Å². The Morgan fingerprint density at radius 1 is 1.21 bits per heavy atom. The molecule has 5 nitrogen and oxygen atoms in total. The molecule has 1 heterocycles. The van der Waals surface area contributed by atoms with Crippen LogP contribution < -0.4 is 0 Å². The third-order valence-corrected chi connectivity index (χ3v) is 3.23.